The lowest BCUT2D eigenvalue weighted by Gasteiger charge is -2.28. The molecule has 16 heavy (non-hydrogen) atoms. The van der Waals surface area contributed by atoms with E-state index in [1.54, 1.807) is 0 Å². The summed E-state index contributed by atoms with van der Waals surface area (Å²) >= 11 is 0. The van der Waals surface area contributed by atoms with E-state index in [0.29, 0.717) is 30.0 Å². The molecule has 3 nitrogen and oxygen atoms in total. The molecule has 3 fully saturated rings. The maximum Gasteiger partial charge on any atom is 0.227 e. The first-order chi connectivity index (χ1) is 7.79. The number of carbonyl (C=O) groups excluding carboxylic acids is 1. The molecule has 1 aliphatic carbocycles. The van der Waals surface area contributed by atoms with Gasteiger partial charge in [-0.15, -0.1) is 0 Å². The smallest absolute Gasteiger partial charge is 0.227 e. The van der Waals surface area contributed by atoms with E-state index < -0.39 is 0 Å². The second kappa shape index (κ2) is 4.02. The van der Waals surface area contributed by atoms with Crippen molar-refractivity contribution in [2.24, 2.45) is 5.92 Å². The highest BCUT2D eigenvalue weighted by Crippen LogP contribution is 2.37. The van der Waals surface area contributed by atoms with Crippen LogP contribution in [0.4, 0.5) is 0 Å². The second-order valence-electron chi connectivity index (χ2n) is 5.65. The van der Waals surface area contributed by atoms with E-state index in [2.05, 4.69) is 17.1 Å². The third-order valence-electron chi connectivity index (χ3n) is 4.35. The average Bonchev–Trinajstić information content (AvgIpc) is 2.91. The molecule has 2 aliphatic heterocycles. The van der Waals surface area contributed by atoms with Gasteiger partial charge in [-0.05, 0) is 38.5 Å². The molecule has 3 rings (SSSR count). The van der Waals surface area contributed by atoms with Gasteiger partial charge in [-0.25, -0.2) is 0 Å². The van der Waals surface area contributed by atoms with Crippen LogP contribution in [0.5, 0.6) is 0 Å². The summed E-state index contributed by atoms with van der Waals surface area (Å²) in [5.74, 6) is 0.745. The third-order valence-corrected chi connectivity index (χ3v) is 4.35. The highest BCUT2D eigenvalue weighted by Gasteiger charge is 2.46. The van der Waals surface area contributed by atoms with Gasteiger partial charge in [0.05, 0.1) is 5.92 Å². The van der Waals surface area contributed by atoms with Gasteiger partial charge in [0.25, 0.3) is 0 Å². The predicted octanol–water partition coefficient (Wildman–Crippen LogP) is 1.53. The Hall–Kier alpha value is -0.570. The van der Waals surface area contributed by atoms with Crippen LogP contribution in [-0.2, 0) is 4.79 Å². The zero-order valence-electron chi connectivity index (χ0n) is 10.1. The van der Waals surface area contributed by atoms with Crippen LogP contribution in [0, 0.1) is 5.92 Å². The fourth-order valence-electron chi connectivity index (χ4n) is 3.41. The topological polar surface area (TPSA) is 32.3 Å². The number of nitrogens with one attached hydrogen (secondary N) is 1. The molecule has 3 atom stereocenters. The Balaban J connectivity index is 1.66. The molecule has 90 valence electrons. The molecular weight excluding hydrogens is 200 g/mol. The molecule has 0 aromatic rings. The summed E-state index contributed by atoms with van der Waals surface area (Å²) in [5.41, 5.74) is 0. The van der Waals surface area contributed by atoms with Gasteiger partial charge in [0.1, 0.15) is 0 Å². The van der Waals surface area contributed by atoms with Crippen LogP contribution in [-0.4, -0.2) is 35.5 Å². The van der Waals surface area contributed by atoms with Gasteiger partial charge in [0, 0.05) is 24.7 Å². The molecule has 0 aromatic carbocycles. The van der Waals surface area contributed by atoms with Crippen molar-refractivity contribution in [3.8, 4) is 0 Å². The monoisotopic (exact) mass is 222 g/mol. The second-order valence-corrected chi connectivity index (χ2v) is 5.65. The summed E-state index contributed by atoms with van der Waals surface area (Å²) in [5, 5.41) is 3.57. The number of hydrogen-bond donors (Lipinski definition) is 1. The van der Waals surface area contributed by atoms with Gasteiger partial charge in [-0.1, -0.05) is 6.92 Å². The Bertz CT molecular complexity index is 284. The molecule has 2 heterocycles. The molecule has 2 saturated heterocycles. The lowest BCUT2D eigenvalue weighted by atomic mass is 9.88. The van der Waals surface area contributed by atoms with Gasteiger partial charge in [0.2, 0.25) is 5.91 Å². The van der Waals surface area contributed by atoms with Crippen LogP contribution in [0.3, 0.4) is 0 Å². The lowest BCUT2D eigenvalue weighted by Crippen LogP contribution is -2.42. The maximum atomic E-state index is 12.5. The molecule has 0 aromatic heterocycles. The molecular formula is C13H22N2O. The van der Waals surface area contributed by atoms with E-state index in [1.165, 1.54) is 25.7 Å². The minimum Gasteiger partial charge on any atom is -0.339 e. The predicted molar refractivity (Wildman–Crippen MR) is 63.1 cm³/mol. The van der Waals surface area contributed by atoms with Crippen LogP contribution in [0.25, 0.3) is 0 Å². The fourth-order valence-corrected chi connectivity index (χ4v) is 3.41. The van der Waals surface area contributed by atoms with Crippen molar-refractivity contribution in [1.82, 2.24) is 10.2 Å². The standard InChI is InChI=1S/C13H22N2O/c1-2-7-15(10-4-5-10)13(16)11-8-9-3-6-12(11)14-9/h9-12,14H,2-8H2,1H3. The summed E-state index contributed by atoms with van der Waals surface area (Å²) in [6, 6.07) is 1.73. The largest absolute Gasteiger partial charge is 0.339 e. The van der Waals surface area contributed by atoms with Crippen molar-refractivity contribution in [2.75, 3.05) is 6.54 Å². The molecule has 0 spiro atoms. The van der Waals surface area contributed by atoms with Crippen molar-refractivity contribution in [2.45, 2.75) is 63.6 Å². The van der Waals surface area contributed by atoms with Gasteiger partial charge in [0.15, 0.2) is 0 Å². The molecule has 1 saturated carbocycles. The highest BCUT2D eigenvalue weighted by molar-refractivity contribution is 5.81. The zero-order chi connectivity index (χ0) is 11.1. The Morgan fingerprint density at radius 3 is 2.62 bits per heavy atom. The first-order valence-electron chi connectivity index (χ1n) is 6.86. The molecule has 3 heteroatoms. The van der Waals surface area contributed by atoms with Crippen molar-refractivity contribution >= 4 is 5.91 Å². The van der Waals surface area contributed by atoms with Gasteiger partial charge >= 0.3 is 0 Å². The molecule has 1 amide bonds. The van der Waals surface area contributed by atoms with E-state index >= 15 is 0 Å². The summed E-state index contributed by atoms with van der Waals surface area (Å²) in [7, 11) is 0. The number of nitrogens with zero attached hydrogens (tertiary/aromatic N) is 1. The van der Waals surface area contributed by atoms with Crippen molar-refractivity contribution < 1.29 is 4.79 Å². The van der Waals surface area contributed by atoms with Crippen molar-refractivity contribution in [3.63, 3.8) is 0 Å². The fraction of sp³-hybridized carbons (Fsp3) is 0.923. The first-order valence-corrected chi connectivity index (χ1v) is 6.86. The van der Waals surface area contributed by atoms with Crippen LogP contribution in [0.1, 0.15) is 45.4 Å². The Morgan fingerprint density at radius 2 is 2.12 bits per heavy atom. The van der Waals surface area contributed by atoms with E-state index in [-0.39, 0.29) is 0 Å². The summed E-state index contributed by atoms with van der Waals surface area (Å²) in [4.78, 5) is 14.7. The maximum absolute atomic E-state index is 12.5. The Labute approximate surface area is 97.6 Å². The minimum absolute atomic E-state index is 0.297. The van der Waals surface area contributed by atoms with E-state index in [4.69, 9.17) is 0 Å². The van der Waals surface area contributed by atoms with Crippen molar-refractivity contribution in [3.05, 3.63) is 0 Å². The number of fused-ring (bicyclic) bond motifs is 2. The minimum atomic E-state index is 0.297. The van der Waals surface area contributed by atoms with E-state index in [1.807, 2.05) is 0 Å². The Morgan fingerprint density at radius 1 is 1.31 bits per heavy atom. The highest BCUT2D eigenvalue weighted by atomic mass is 16.2. The first kappa shape index (κ1) is 10.6. The number of carbonyl (C=O) groups is 1. The summed E-state index contributed by atoms with van der Waals surface area (Å²) in [6.07, 6.45) is 7.16. The molecule has 3 aliphatic rings. The SMILES string of the molecule is CCCN(C(=O)C1CC2CCC1N2)C1CC1. The van der Waals surface area contributed by atoms with E-state index in [0.717, 1.165) is 19.4 Å². The van der Waals surface area contributed by atoms with Crippen LogP contribution < -0.4 is 5.32 Å². The van der Waals surface area contributed by atoms with Gasteiger partial charge in [-0.2, -0.15) is 0 Å². The number of amides is 1. The van der Waals surface area contributed by atoms with Gasteiger partial charge in [-0.3, -0.25) is 4.79 Å². The Kier molecular flexibility index (Phi) is 2.66. The quantitative estimate of drug-likeness (QED) is 0.782. The molecule has 2 bridgehead atoms. The number of hydrogen-bond acceptors (Lipinski definition) is 2. The van der Waals surface area contributed by atoms with Crippen LogP contribution in [0.15, 0.2) is 0 Å². The van der Waals surface area contributed by atoms with E-state index in [9.17, 15) is 4.79 Å². The molecule has 3 unspecified atom stereocenters. The number of rotatable bonds is 4. The summed E-state index contributed by atoms with van der Waals surface area (Å²) in [6.45, 7) is 3.14. The average molecular weight is 222 g/mol. The lowest BCUT2D eigenvalue weighted by molar-refractivity contribution is -0.136. The molecule has 1 N–H and O–H groups in total. The third kappa shape index (κ3) is 1.75. The zero-order valence-corrected chi connectivity index (χ0v) is 10.1. The summed E-state index contributed by atoms with van der Waals surface area (Å²) < 4.78 is 0. The van der Waals surface area contributed by atoms with Gasteiger partial charge < -0.3 is 10.2 Å². The van der Waals surface area contributed by atoms with Crippen LogP contribution in [0.2, 0.25) is 0 Å². The normalized spacial score (nSPS) is 36.7. The van der Waals surface area contributed by atoms with Crippen molar-refractivity contribution in [1.29, 1.82) is 0 Å². The molecule has 0 radical (unpaired) electrons. The van der Waals surface area contributed by atoms with Crippen LogP contribution >= 0.6 is 0 Å².